The predicted octanol–water partition coefficient (Wildman–Crippen LogP) is 0.0607. The Bertz CT molecular complexity index is 553. The molecule has 0 saturated carbocycles. The number of carbonyl (C=O) groups is 1. The molecule has 1 aliphatic heterocycles. The molecule has 2 aromatic rings. The van der Waals surface area contributed by atoms with E-state index in [2.05, 4.69) is 20.5 Å². The average Bonchev–Trinajstić information content (AvgIpc) is 3.09. The summed E-state index contributed by atoms with van der Waals surface area (Å²) in [6.45, 7) is 1.35. The molecule has 0 radical (unpaired) electrons. The summed E-state index contributed by atoms with van der Waals surface area (Å²) in [6.07, 6.45) is 5.49. The Labute approximate surface area is 109 Å². The Kier molecular flexibility index (Phi) is 2.90. The largest absolute Gasteiger partial charge is 0.380 e. The minimum Gasteiger partial charge on any atom is -0.380 e. The van der Waals surface area contributed by atoms with E-state index in [0.29, 0.717) is 19.1 Å². The standard InChI is InChI=1S/C11H15N7O/c12-10-9(14-16-15-10)11(19)17-6-2-8(3-7-17)18-5-1-4-13-18/h1,4-5,8H,2-3,6-7H2,(H3,12,14,15,16). The maximum atomic E-state index is 12.2. The van der Waals surface area contributed by atoms with Gasteiger partial charge in [0.2, 0.25) is 0 Å². The summed E-state index contributed by atoms with van der Waals surface area (Å²) >= 11 is 0. The summed E-state index contributed by atoms with van der Waals surface area (Å²) in [4.78, 5) is 13.9. The summed E-state index contributed by atoms with van der Waals surface area (Å²) in [5, 5.41) is 14.1. The van der Waals surface area contributed by atoms with Crippen LogP contribution < -0.4 is 5.73 Å². The summed E-state index contributed by atoms with van der Waals surface area (Å²) in [6, 6.07) is 2.27. The van der Waals surface area contributed by atoms with Gasteiger partial charge in [-0.15, -0.1) is 10.2 Å². The van der Waals surface area contributed by atoms with E-state index in [0.717, 1.165) is 12.8 Å². The number of nitrogens with zero attached hydrogens (tertiary/aromatic N) is 5. The number of nitrogens with one attached hydrogen (secondary N) is 1. The molecule has 0 bridgehead atoms. The number of aromatic nitrogens is 5. The maximum absolute atomic E-state index is 12.2. The molecular weight excluding hydrogens is 246 g/mol. The van der Waals surface area contributed by atoms with E-state index in [4.69, 9.17) is 5.73 Å². The van der Waals surface area contributed by atoms with Crippen molar-refractivity contribution < 1.29 is 4.79 Å². The van der Waals surface area contributed by atoms with Crippen LogP contribution in [0, 0.1) is 0 Å². The predicted molar refractivity (Wildman–Crippen MR) is 67.2 cm³/mol. The molecule has 8 nitrogen and oxygen atoms in total. The number of likely N-dealkylation sites (tertiary alicyclic amines) is 1. The number of nitrogen functional groups attached to an aromatic ring is 1. The lowest BCUT2D eigenvalue weighted by molar-refractivity contribution is 0.0685. The molecule has 0 spiro atoms. The van der Waals surface area contributed by atoms with Crippen molar-refractivity contribution in [3.63, 3.8) is 0 Å². The molecule has 3 N–H and O–H groups in total. The van der Waals surface area contributed by atoms with Gasteiger partial charge in [0.25, 0.3) is 5.91 Å². The number of hydrogen-bond acceptors (Lipinski definition) is 5. The highest BCUT2D eigenvalue weighted by atomic mass is 16.2. The lowest BCUT2D eigenvalue weighted by atomic mass is 10.1. The second kappa shape index (κ2) is 4.71. The van der Waals surface area contributed by atoms with Gasteiger partial charge >= 0.3 is 0 Å². The van der Waals surface area contributed by atoms with Crippen molar-refractivity contribution in [3.05, 3.63) is 24.2 Å². The first-order valence-corrected chi connectivity index (χ1v) is 6.20. The molecule has 1 fully saturated rings. The van der Waals surface area contributed by atoms with Crippen molar-refractivity contribution in [2.24, 2.45) is 0 Å². The second-order valence-corrected chi connectivity index (χ2v) is 4.57. The van der Waals surface area contributed by atoms with Gasteiger partial charge < -0.3 is 10.6 Å². The SMILES string of the molecule is Nc1n[nH]nc1C(=O)N1CCC(n2cccn2)CC1. The van der Waals surface area contributed by atoms with Crippen LogP contribution in [0.15, 0.2) is 18.5 Å². The summed E-state index contributed by atoms with van der Waals surface area (Å²) in [5.74, 6) is -0.00985. The molecule has 2 aromatic heterocycles. The summed E-state index contributed by atoms with van der Waals surface area (Å²) in [5.41, 5.74) is 5.79. The van der Waals surface area contributed by atoms with Crippen molar-refractivity contribution in [1.29, 1.82) is 0 Å². The zero-order valence-electron chi connectivity index (χ0n) is 10.4. The number of carbonyl (C=O) groups excluding carboxylic acids is 1. The molecule has 8 heteroatoms. The van der Waals surface area contributed by atoms with Crippen molar-refractivity contribution in [2.75, 3.05) is 18.8 Å². The van der Waals surface area contributed by atoms with Gasteiger partial charge in [-0.2, -0.15) is 10.3 Å². The van der Waals surface area contributed by atoms with Gasteiger partial charge in [-0.3, -0.25) is 9.48 Å². The Morgan fingerprint density at radius 2 is 2.16 bits per heavy atom. The minimum atomic E-state index is -0.162. The van der Waals surface area contributed by atoms with Crippen LogP contribution in [0.3, 0.4) is 0 Å². The van der Waals surface area contributed by atoms with Crippen molar-refractivity contribution in [3.8, 4) is 0 Å². The number of aromatic amines is 1. The smallest absolute Gasteiger partial charge is 0.278 e. The molecule has 1 aliphatic rings. The molecular formula is C11H15N7O. The van der Waals surface area contributed by atoms with E-state index < -0.39 is 0 Å². The fourth-order valence-corrected chi connectivity index (χ4v) is 2.38. The lowest BCUT2D eigenvalue weighted by Crippen LogP contribution is -2.39. The number of rotatable bonds is 2. The number of anilines is 1. The molecule has 100 valence electrons. The number of piperidine rings is 1. The van der Waals surface area contributed by atoms with Gasteiger partial charge in [0.15, 0.2) is 11.5 Å². The molecule has 3 heterocycles. The van der Waals surface area contributed by atoms with E-state index in [1.54, 1.807) is 11.1 Å². The molecule has 0 aliphatic carbocycles. The fraction of sp³-hybridized carbons (Fsp3) is 0.455. The van der Waals surface area contributed by atoms with Crippen molar-refractivity contribution in [2.45, 2.75) is 18.9 Å². The van der Waals surface area contributed by atoms with E-state index in [1.807, 2.05) is 16.9 Å². The van der Waals surface area contributed by atoms with Gasteiger partial charge in [-0.25, -0.2) is 0 Å². The number of H-pyrrole nitrogens is 1. The average molecular weight is 261 g/mol. The van der Waals surface area contributed by atoms with Crippen LogP contribution in [0.4, 0.5) is 5.82 Å². The molecule has 1 saturated heterocycles. The van der Waals surface area contributed by atoms with Crippen LogP contribution in [0.5, 0.6) is 0 Å². The van der Waals surface area contributed by atoms with Crippen LogP contribution in [0.2, 0.25) is 0 Å². The molecule has 3 rings (SSSR count). The Balaban J connectivity index is 1.64. The van der Waals surface area contributed by atoms with Crippen LogP contribution in [-0.2, 0) is 0 Å². The first-order valence-electron chi connectivity index (χ1n) is 6.20. The minimum absolute atomic E-state index is 0.152. The third kappa shape index (κ3) is 2.16. The third-order valence-electron chi connectivity index (χ3n) is 3.43. The molecule has 0 aromatic carbocycles. The highest BCUT2D eigenvalue weighted by Gasteiger charge is 2.27. The van der Waals surface area contributed by atoms with Gasteiger partial charge in [0, 0.05) is 25.5 Å². The van der Waals surface area contributed by atoms with E-state index in [-0.39, 0.29) is 17.4 Å². The topological polar surface area (TPSA) is 106 Å². The third-order valence-corrected chi connectivity index (χ3v) is 3.43. The normalized spacial score (nSPS) is 16.7. The Hall–Kier alpha value is -2.38. The first-order chi connectivity index (χ1) is 9.25. The molecule has 0 atom stereocenters. The number of hydrogen-bond donors (Lipinski definition) is 2. The lowest BCUT2D eigenvalue weighted by Gasteiger charge is -2.31. The molecule has 19 heavy (non-hydrogen) atoms. The van der Waals surface area contributed by atoms with Crippen molar-refractivity contribution in [1.82, 2.24) is 30.1 Å². The Morgan fingerprint density at radius 3 is 2.74 bits per heavy atom. The monoisotopic (exact) mass is 261 g/mol. The highest BCUT2D eigenvalue weighted by molar-refractivity contribution is 5.96. The fourth-order valence-electron chi connectivity index (χ4n) is 2.38. The summed E-state index contributed by atoms with van der Waals surface area (Å²) in [7, 11) is 0. The van der Waals surface area contributed by atoms with Crippen molar-refractivity contribution >= 4 is 11.7 Å². The van der Waals surface area contributed by atoms with E-state index >= 15 is 0 Å². The number of nitrogens with two attached hydrogens (primary N) is 1. The number of amides is 1. The van der Waals surface area contributed by atoms with Crippen LogP contribution >= 0.6 is 0 Å². The van der Waals surface area contributed by atoms with Crippen LogP contribution in [-0.4, -0.2) is 49.1 Å². The maximum Gasteiger partial charge on any atom is 0.278 e. The van der Waals surface area contributed by atoms with Gasteiger partial charge in [0.05, 0.1) is 6.04 Å². The molecule has 1 amide bonds. The molecule has 0 unspecified atom stereocenters. The van der Waals surface area contributed by atoms with Gasteiger partial charge in [0.1, 0.15) is 0 Å². The van der Waals surface area contributed by atoms with E-state index in [1.165, 1.54) is 0 Å². The van der Waals surface area contributed by atoms with Gasteiger partial charge in [-0.1, -0.05) is 0 Å². The summed E-state index contributed by atoms with van der Waals surface area (Å²) < 4.78 is 1.95. The second-order valence-electron chi connectivity index (χ2n) is 4.57. The van der Waals surface area contributed by atoms with Crippen LogP contribution in [0.25, 0.3) is 0 Å². The zero-order chi connectivity index (χ0) is 13.2. The van der Waals surface area contributed by atoms with Crippen LogP contribution in [0.1, 0.15) is 29.4 Å². The van der Waals surface area contributed by atoms with Gasteiger partial charge in [-0.05, 0) is 18.9 Å². The highest BCUT2D eigenvalue weighted by Crippen LogP contribution is 2.22. The zero-order valence-corrected chi connectivity index (χ0v) is 10.4. The Morgan fingerprint density at radius 1 is 1.37 bits per heavy atom. The van der Waals surface area contributed by atoms with E-state index in [9.17, 15) is 4.79 Å². The first kappa shape index (κ1) is 11.7. The quantitative estimate of drug-likeness (QED) is 0.795.